The number of hydrogen-bond acceptors (Lipinski definition) is 3. The highest BCUT2D eigenvalue weighted by molar-refractivity contribution is 7.75. The molecule has 70 valence electrons. The van der Waals surface area contributed by atoms with Gasteiger partial charge in [-0.15, -0.1) is 0 Å². The Morgan fingerprint density at radius 3 is 1.92 bits per heavy atom. The summed E-state index contributed by atoms with van der Waals surface area (Å²) in [6, 6.07) is 0. The van der Waals surface area contributed by atoms with Crippen LogP contribution < -0.4 is 0 Å². The van der Waals surface area contributed by atoms with Gasteiger partial charge in [0.05, 0.1) is 0 Å². The van der Waals surface area contributed by atoms with Gasteiger partial charge in [-0.1, -0.05) is 13.8 Å². The van der Waals surface area contributed by atoms with Crippen LogP contribution in [0.5, 0.6) is 0 Å². The van der Waals surface area contributed by atoms with Gasteiger partial charge < -0.3 is 0 Å². The van der Waals surface area contributed by atoms with E-state index in [4.69, 9.17) is 8.37 Å². The highest BCUT2D eigenvalue weighted by atomic mass is 32.2. The molecule has 12 heavy (non-hydrogen) atoms. The molecular weight excluding hydrogens is 176 g/mol. The quantitative estimate of drug-likeness (QED) is 0.579. The standard InChI is InChI=1S/C8H14O3S/c1-5-3-7-8(4-6(5)2)11-12(9)10-7/h5-8H,3-4H2,1-2H3. The van der Waals surface area contributed by atoms with Gasteiger partial charge in [0.25, 0.3) is 0 Å². The molecule has 1 saturated carbocycles. The third kappa shape index (κ3) is 1.43. The lowest BCUT2D eigenvalue weighted by molar-refractivity contribution is 0.0558. The van der Waals surface area contributed by atoms with Crippen molar-refractivity contribution >= 4 is 11.4 Å². The van der Waals surface area contributed by atoms with E-state index >= 15 is 0 Å². The normalized spacial score (nSPS) is 53.7. The Morgan fingerprint density at radius 2 is 1.50 bits per heavy atom. The molecule has 0 amide bonds. The summed E-state index contributed by atoms with van der Waals surface area (Å²) in [4.78, 5) is 0. The molecule has 1 aliphatic carbocycles. The molecule has 1 aliphatic heterocycles. The second-order valence-corrected chi connectivity index (χ2v) is 4.69. The first-order valence-corrected chi connectivity index (χ1v) is 5.43. The molecule has 4 unspecified atom stereocenters. The van der Waals surface area contributed by atoms with Crippen molar-refractivity contribution in [3.05, 3.63) is 0 Å². The Kier molecular flexibility index (Phi) is 2.23. The zero-order valence-electron chi connectivity index (χ0n) is 7.36. The fourth-order valence-electron chi connectivity index (χ4n) is 1.93. The van der Waals surface area contributed by atoms with Crippen molar-refractivity contribution in [3.8, 4) is 0 Å². The van der Waals surface area contributed by atoms with Crippen molar-refractivity contribution in [2.75, 3.05) is 0 Å². The van der Waals surface area contributed by atoms with Gasteiger partial charge in [-0.05, 0) is 24.7 Å². The van der Waals surface area contributed by atoms with E-state index in [0.717, 1.165) is 12.8 Å². The van der Waals surface area contributed by atoms with Crippen molar-refractivity contribution < 1.29 is 12.6 Å². The Hall–Kier alpha value is 0.0700. The van der Waals surface area contributed by atoms with Crippen LogP contribution >= 0.6 is 0 Å². The minimum absolute atomic E-state index is 0.0806. The highest BCUT2D eigenvalue weighted by Crippen LogP contribution is 2.37. The van der Waals surface area contributed by atoms with E-state index in [1.807, 2.05) is 0 Å². The van der Waals surface area contributed by atoms with E-state index in [-0.39, 0.29) is 12.2 Å². The average Bonchev–Trinajstić information content (AvgIpc) is 2.30. The lowest BCUT2D eigenvalue weighted by atomic mass is 9.79. The van der Waals surface area contributed by atoms with Crippen LogP contribution in [0.3, 0.4) is 0 Å². The maximum absolute atomic E-state index is 10.9. The Balaban J connectivity index is 2.05. The molecule has 4 heteroatoms. The van der Waals surface area contributed by atoms with Crippen molar-refractivity contribution in [2.45, 2.75) is 38.9 Å². The van der Waals surface area contributed by atoms with Crippen LogP contribution in [0.25, 0.3) is 0 Å². The van der Waals surface area contributed by atoms with Gasteiger partial charge in [-0.2, -0.15) is 4.21 Å². The summed E-state index contributed by atoms with van der Waals surface area (Å²) in [5.41, 5.74) is 0. The first kappa shape index (κ1) is 8.66. The first-order chi connectivity index (χ1) is 5.66. The van der Waals surface area contributed by atoms with Crippen molar-refractivity contribution in [1.29, 1.82) is 0 Å². The minimum atomic E-state index is -1.47. The van der Waals surface area contributed by atoms with Gasteiger partial charge in [0.2, 0.25) is 0 Å². The Morgan fingerprint density at radius 1 is 1.08 bits per heavy atom. The molecule has 0 aromatic rings. The van der Waals surface area contributed by atoms with Crippen LogP contribution in [0, 0.1) is 11.8 Å². The monoisotopic (exact) mass is 190 g/mol. The van der Waals surface area contributed by atoms with Crippen LogP contribution in [-0.4, -0.2) is 16.4 Å². The van der Waals surface area contributed by atoms with E-state index in [1.54, 1.807) is 0 Å². The Bertz CT molecular complexity index is 186. The summed E-state index contributed by atoms with van der Waals surface area (Å²) >= 11 is -1.47. The van der Waals surface area contributed by atoms with Crippen LogP contribution in [0.15, 0.2) is 0 Å². The van der Waals surface area contributed by atoms with Crippen molar-refractivity contribution in [1.82, 2.24) is 0 Å². The van der Waals surface area contributed by atoms with Crippen LogP contribution in [-0.2, 0) is 19.7 Å². The summed E-state index contributed by atoms with van der Waals surface area (Å²) < 4.78 is 21.2. The summed E-state index contributed by atoms with van der Waals surface area (Å²) in [6.45, 7) is 4.43. The zero-order valence-corrected chi connectivity index (χ0v) is 8.17. The molecule has 0 aromatic carbocycles. The molecule has 3 nitrogen and oxygen atoms in total. The lowest BCUT2D eigenvalue weighted by Crippen LogP contribution is -2.34. The van der Waals surface area contributed by atoms with Crippen molar-refractivity contribution in [2.24, 2.45) is 11.8 Å². The van der Waals surface area contributed by atoms with E-state index < -0.39 is 11.4 Å². The third-order valence-electron chi connectivity index (χ3n) is 3.00. The van der Waals surface area contributed by atoms with Gasteiger partial charge in [-0.25, -0.2) is 0 Å². The fourth-order valence-corrected chi connectivity index (χ4v) is 2.78. The lowest BCUT2D eigenvalue weighted by Gasteiger charge is -2.31. The Labute approximate surface area is 75.3 Å². The van der Waals surface area contributed by atoms with Crippen LogP contribution in [0.4, 0.5) is 0 Å². The van der Waals surface area contributed by atoms with Crippen LogP contribution in [0.2, 0.25) is 0 Å². The highest BCUT2D eigenvalue weighted by Gasteiger charge is 2.41. The molecular formula is C8H14O3S. The SMILES string of the molecule is CC1CC2OS(=O)OC2CC1C. The fraction of sp³-hybridized carbons (Fsp3) is 1.00. The average molecular weight is 190 g/mol. The summed E-state index contributed by atoms with van der Waals surface area (Å²) in [6.07, 6.45) is 2.13. The summed E-state index contributed by atoms with van der Waals surface area (Å²) in [5.74, 6) is 1.31. The maximum atomic E-state index is 10.9. The second kappa shape index (κ2) is 3.09. The number of rotatable bonds is 0. The molecule has 4 atom stereocenters. The molecule has 0 aromatic heterocycles. The van der Waals surface area contributed by atoms with Gasteiger partial charge in [0.15, 0.2) is 0 Å². The number of hydrogen-bond donors (Lipinski definition) is 0. The maximum Gasteiger partial charge on any atom is 0.305 e. The summed E-state index contributed by atoms with van der Waals surface area (Å²) in [7, 11) is 0. The van der Waals surface area contributed by atoms with E-state index in [9.17, 15) is 4.21 Å². The van der Waals surface area contributed by atoms with Crippen LogP contribution in [0.1, 0.15) is 26.7 Å². The minimum Gasteiger partial charge on any atom is -0.262 e. The van der Waals surface area contributed by atoms with E-state index in [1.165, 1.54) is 0 Å². The smallest absolute Gasteiger partial charge is 0.262 e. The topological polar surface area (TPSA) is 35.5 Å². The molecule has 1 heterocycles. The molecule has 2 rings (SSSR count). The van der Waals surface area contributed by atoms with Gasteiger partial charge in [0.1, 0.15) is 12.2 Å². The predicted molar refractivity (Wildman–Crippen MR) is 45.5 cm³/mol. The zero-order chi connectivity index (χ0) is 8.72. The molecule has 1 saturated heterocycles. The van der Waals surface area contributed by atoms with Gasteiger partial charge >= 0.3 is 11.4 Å². The largest absolute Gasteiger partial charge is 0.305 e. The molecule has 2 aliphatic rings. The molecule has 2 fully saturated rings. The molecule has 0 radical (unpaired) electrons. The van der Waals surface area contributed by atoms with Gasteiger partial charge in [0, 0.05) is 0 Å². The van der Waals surface area contributed by atoms with Gasteiger partial charge in [-0.3, -0.25) is 8.37 Å². The second-order valence-electron chi connectivity index (χ2n) is 3.90. The molecule has 0 N–H and O–H groups in total. The predicted octanol–water partition coefficient (Wildman–Crippen LogP) is 1.42. The molecule has 0 bridgehead atoms. The summed E-state index contributed by atoms with van der Waals surface area (Å²) in [5, 5.41) is 0. The third-order valence-corrected chi connectivity index (χ3v) is 3.81. The molecule has 0 spiro atoms. The van der Waals surface area contributed by atoms with E-state index in [2.05, 4.69) is 13.8 Å². The number of fused-ring (bicyclic) bond motifs is 1. The van der Waals surface area contributed by atoms with Crippen molar-refractivity contribution in [3.63, 3.8) is 0 Å². The first-order valence-electron chi connectivity index (χ1n) is 4.43. The van der Waals surface area contributed by atoms with E-state index in [0.29, 0.717) is 11.8 Å².